The second-order valence-corrected chi connectivity index (χ2v) is 8.04. The zero-order valence-electron chi connectivity index (χ0n) is 17.2. The van der Waals surface area contributed by atoms with Gasteiger partial charge < -0.3 is 14.5 Å². The fraction of sp³-hybridized carbons (Fsp3) is 0.522. The van der Waals surface area contributed by atoms with E-state index in [0.717, 1.165) is 49.2 Å². The van der Waals surface area contributed by atoms with Gasteiger partial charge in [0.15, 0.2) is 5.78 Å². The van der Waals surface area contributed by atoms with E-state index in [9.17, 15) is 4.79 Å². The number of piperidine rings is 1. The number of methoxy groups -OCH3 is 2. The Kier molecular flexibility index (Phi) is 5.19. The van der Waals surface area contributed by atoms with Crippen LogP contribution in [0.3, 0.4) is 0 Å². The Morgan fingerprint density at radius 3 is 2.86 bits per heavy atom. The lowest BCUT2D eigenvalue weighted by Crippen LogP contribution is -2.46. The summed E-state index contributed by atoms with van der Waals surface area (Å²) in [7, 11) is 3.36. The lowest BCUT2D eigenvalue weighted by atomic mass is 9.73. The Hall–Kier alpha value is -2.27. The lowest BCUT2D eigenvalue weighted by Gasteiger charge is -2.46. The van der Waals surface area contributed by atoms with E-state index in [1.54, 1.807) is 27.4 Å². The van der Waals surface area contributed by atoms with Gasteiger partial charge in [-0.2, -0.15) is 0 Å². The average Bonchev–Trinajstić information content (AvgIpc) is 3.10. The molecular weight excluding hydrogens is 352 g/mol. The number of nitrogens with one attached hydrogen (secondary N) is 1. The molecule has 0 aliphatic carbocycles. The van der Waals surface area contributed by atoms with Crippen molar-refractivity contribution in [2.75, 3.05) is 27.3 Å². The highest BCUT2D eigenvalue weighted by molar-refractivity contribution is 5.93. The van der Waals surface area contributed by atoms with Gasteiger partial charge >= 0.3 is 0 Å². The number of aromatic nitrogens is 1. The quantitative estimate of drug-likeness (QED) is 0.621. The van der Waals surface area contributed by atoms with E-state index in [1.807, 2.05) is 12.1 Å². The third-order valence-electron chi connectivity index (χ3n) is 6.66. The van der Waals surface area contributed by atoms with Gasteiger partial charge in [-0.15, -0.1) is 0 Å². The van der Waals surface area contributed by atoms with Crippen molar-refractivity contribution in [1.29, 1.82) is 0 Å². The Labute approximate surface area is 166 Å². The van der Waals surface area contributed by atoms with Crippen LogP contribution >= 0.6 is 0 Å². The van der Waals surface area contributed by atoms with Gasteiger partial charge in [-0.1, -0.05) is 19.4 Å². The minimum absolute atomic E-state index is 0.119. The van der Waals surface area contributed by atoms with Crippen molar-refractivity contribution in [1.82, 2.24) is 9.88 Å². The highest BCUT2D eigenvalue weighted by Gasteiger charge is 2.41. The first-order chi connectivity index (χ1) is 13.6. The Morgan fingerprint density at radius 2 is 2.18 bits per heavy atom. The SMILES string of the molecule is CC[C@@H]1CN2CCc3c([nH]c4cccc(OC)c34)[C@H]2C[C@@H]1/C(=C\OC)C(C)=O. The molecule has 1 fully saturated rings. The molecule has 0 saturated carbocycles. The third kappa shape index (κ3) is 3.02. The maximum atomic E-state index is 12.3. The number of nitrogens with zero attached hydrogens (tertiary/aromatic N) is 1. The van der Waals surface area contributed by atoms with Gasteiger partial charge in [0.2, 0.25) is 0 Å². The number of ether oxygens (including phenoxy) is 2. The molecule has 2 aromatic rings. The van der Waals surface area contributed by atoms with Crippen molar-refractivity contribution in [3.05, 3.63) is 41.3 Å². The minimum Gasteiger partial charge on any atom is -0.504 e. The van der Waals surface area contributed by atoms with Crippen molar-refractivity contribution in [2.24, 2.45) is 11.8 Å². The number of benzene rings is 1. The van der Waals surface area contributed by atoms with Crippen LogP contribution in [-0.4, -0.2) is 43.0 Å². The van der Waals surface area contributed by atoms with Crippen molar-refractivity contribution in [3.8, 4) is 5.75 Å². The van der Waals surface area contributed by atoms with Crippen LogP contribution in [0.5, 0.6) is 5.75 Å². The molecule has 3 heterocycles. The van der Waals surface area contributed by atoms with Gasteiger partial charge in [0, 0.05) is 35.3 Å². The number of hydrogen-bond acceptors (Lipinski definition) is 4. The van der Waals surface area contributed by atoms with Crippen LogP contribution in [0.25, 0.3) is 10.9 Å². The molecule has 3 atom stereocenters. The van der Waals surface area contributed by atoms with E-state index in [4.69, 9.17) is 9.47 Å². The van der Waals surface area contributed by atoms with Crippen LogP contribution in [0.2, 0.25) is 0 Å². The highest BCUT2D eigenvalue weighted by atomic mass is 16.5. The summed E-state index contributed by atoms with van der Waals surface area (Å²) in [6.07, 6.45) is 4.70. The first-order valence-electron chi connectivity index (χ1n) is 10.2. The number of carbonyl (C=O) groups excluding carboxylic acids is 1. The van der Waals surface area contributed by atoms with Crippen LogP contribution in [0, 0.1) is 11.8 Å². The maximum absolute atomic E-state index is 12.3. The second-order valence-electron chi connectivity index (χ2n) is 8.04. The number of Topliss-reactive ketones (excluding diaryl/α,β-unsaturated/α-hetero) is 1. The summed E-state index contributed by atoms with van der Waals surface area (Å²) >= 11 is 0. The number of hydrogen-bond donors (Lipinski definition) is 1. The number of allylic oxidation sites excluding steroid dienone is 1. The Morgan fingerprint density at radius 1 is 1.36 bits per heavy atom. The summed E-state index contributed by atoms with van der Waals surface area (Å²) in [5.41, 5.74) is 4.64. The number of fused-ring (bicyclic) bond motifs is 5. The second kappa shape index (κ2) is 7.63. The molecule has 1 saturated heterocycles. The van der Waals surface area contributed by atoms with Gasteiger partial charge in [-0.25, -0.2) is 0 Å². The molecule has 4 rings (SSSR count). The summed E-state index contributed by atoms with van der Waals surface area (Å²) in [5.74, 6) is 1.75. The van der Waals surface area contributed by atoms with Crippen molar-refractivity contribution < 1.29 is 14.3 Å². The minimum atomic E-state index is 0.119. The van der Waals surface area contributed by atoms with E-state index >= 15 is 0 Å². The summed E-state index contributed by atoms with van der Waals surface area (Å²) in [5, 5.41) is 1.22. The summed E-state index contributed by atoms with van der Waals surface area (Å²) in [4.78, 5) is 18.6. The van der Waals surface area contributed by atoms with Crippen LogP contribution in [0.4, 0.5) is 0 Å². The molecule has 0 bridgehead atoms. The zero-order valence-corrected chi connectivity index (χ0v) is 17.2. The van der Waals surface area contributed by atoms with Crippen LogP contribution in [-0.2, 0) is 16.0 Å². The van der Waals surface area contributed by atoms with Crippen LogP contribution < -0.4 is 4.74 Å². The van der Waals surface area contributed by atoms with Crippen molar-refractivity contribution >= 4 is 16.7 Å². The maximum Gasteiger partial charge on any atom is 0.159 e. The topological polar surface area (TPSA) is 54.6 Å². The van der Waals surface area contributed by atoms with Crippen molar-refractivity contribution in [3.63, 3.8) is 0 Å². The van der Waals surface area contributed by atoms with Gasteiger partial charge in [-0.05, 0) is 49.3 Å². The van der Waals surface area contributed by atoms with Gasteiger partial charge in [-0.3, -0.25) is 9.69 Å². The Balaban J connectivity index is 1.77. The van der Waals surface area contributed by atoms with Gasteiger partial charge in [0.25, 0.3) is 0 Å². The molecule has 2 aliphatic rings. The Bertz CT molecular complexity index is 914. The molecule has 0 radical (unpaired) electrons. The normalized spacial score (nSPS) is 25.3. The molecule has 28 heavy (non-hydrogen) atoms. The fourth-order valence-electron chi connectivity index (χ4n) is 5.31. The van der Waals surface area contributed by atoms with Crippen LogP contribution in [0.15, 0.2) is 30.0 Å². The molecular formula is C23H30N2O3. The van der Waals surface area contributed by atoms with E-state index in [1.165, 1.54) is 16.6 Å². The standard InChI is InChI=1S/C23H30N2O3/c1-5-15-12-25-10-9-16-22-19(7-6-8-21(22)28-4)24-23(16)20(25)11-17(15)18(13-27-3)14(2)26/h6-8,13,15,17,20,24H,5,9-12H2,1-4H3/b18-13-/t15-,17+,20-/m1/s1. The number of rotatable bonds is 5. The van der Waals surface area contributed by atoms with Gasteiger partial charge in [0.05, 0.1) is 26.5 Å². The molecule has 5 heteroatoms. The molecule has 0 spiro atoms. The third-order valence-corrected chi connectivity index (χ3v) is 6.66. The number of H-pyrrole nitrogens is 1. The van der Waals surface area contributed by atoms with E-state index in [2.05, 4.69) is 22.9 Å². The zero-order chi connectivity index (χ0) is 19.8. The summed E-state index contributed by atoms with van der Waals surface area (Å²) < 4.78 is 10.9. The fourth-order valence-corrected chi connectivity index (χ4v) is 5.31. The van der Waals surface area contributed by atoms with Crippen molar-refractivity contribution in [2.45, 2.75) is 39.2 Å². The number of ketones is 1. The average molecular weight is 383 g/mol. The largest absolute Gasteiger partial charge is 0.504 e. The molecule has 150 valence electrons. The summed E-state index contributed by atoms with van der Waals surface area (Å²) in [6, 6.07) is 6.50. The van der Waals surface area contributed by atoms with E-state index in [-0.39, 0.29) is 11.7 Å². The predicted octanol–water partition coefficient (Wildman–Crippen LogP) is 4.24. The molecule has 1 aromatic heterocycles. The predicted molar refractivity (Wildman–Crippen MR) is 111 cm³/mol. The lowest BCUT2D eigenvalue weighted by molar-refractivity contribution is -0.114. The number of carbonyl (C=O) groups is 1. The summed E-state index contributed by atoms with van der Waals surface area (Å²) in [6.45, 7) is 5.96. The monoisotopic (exact) mass is 382 g/mol. The van der Waals surface area contributed by atoms with Crippen LogP contribution in [0.1, 0.15) is 44.0 Å². The molecule has 5 nitrogen and oxygen atoms in total. The van der Waals surface area contributed by atoms with E-state index < -0.39 is 0 Å². The number of aromatic amines is 1. The first-order valence-corrected chi connectivity index (χ1v) is 10.2. The molecule has 2 aliphatic heterocycles. The molecule has 1 N–H and O–H groups in total. The highest BCUT2D eigenvalue weighted by Crippen LogP contribution is 2.47. The van der Waals surface area contributed by atoms with E-state index in [0.29, 0.717) is 12.0 Å². The van der Waals surface area contributed by atoms with Gasteiger partial charge in [0.1, 0.15) is 5.75 Å². The molecule has 0 unspecified atom stereocenters. The molecule has 1 aromatic carbocycles. The first kappa shape index (κ1) is 19.1. The smallest absolute Gasteiger partial charge is 0.159 e. The molecule has 0 amide bonds.